The van der Waals surface area contributed by atoms with Crippen LogP contribution in [0.1, 0.15) is 51.5 Å². The van der Waals surface area contributed by atoms with E-state index in [2.05, 4.69) is 61.5 Å². The Labute approximate surface area is 159 Å². The molecular weight excluding hydrogens is 320 g/mol. The van der Waals surface area contributed by atoms with E-state index in [0.717, 1.165) is 19.4 Å². The molecule has 0 aliphatic heterocycles. The maximum atomic E-state index is 5.76. The van der Waals surface area contributed by atoms with Gasteiger partial charge < -0.3 is 9.47 Å². The van der Waals surface area contributed by atoms with Crippen LogP contribution < -0.4 is 0 Å². The molecule has 1 atom stereocenters. The van der Waals surface area contributed by atoms with Crippen molar-refractivity contribution in [3.05, 3.63) is 60.2 Å². The van der Waals surface area contributed by atoms with Crippen LogP contribution in [-0.4, -0.2) is 25.9 Å². The molecule has 2 aromatic carbocycles. The molecule has 0 heterocycles. The monoisotopic (exact) mass is 354 g/mol. The molecule has 0 bridgehead atoms. The highest BCUT2D eigenvalue weighted by Gasteiger charge is 2.05. The van der Waals surface area contributed by atoms with Crippen molar-refractivity contribution in [1.29, 1.82) is 0 Å². The van der Waals surface area contributed by atoms with E-state index in [1.165, 1.54) is 42.4 Å². The molecule has 0 radical (unpaired) electrons. The Morgan fingerprint density at radius 3 is 2.35 bits per heavy atom. The zero-order valence-electron chi connectivity index (χ0n) is 16.5. The molecule has 0 fully saturated rings. The Bertz CT molecular complexity index is 594. The minimum Gasteiger partial charge on any atom is -0.379 e. The number of benzene rings is 2. The summed E-state index contributed by atoms with van der Waals surface area (Å²) in [6, 6.07) is 19.5. The van der Waals surface area contributed by atoms with Crippen molar-refractivity contribution in [3.63, 3.8) is 0 Å². The second-order valence-corrected chi connectivity index (χ2v) is 6.85. The van der Waals surface area contributed by atoms with Gasteiger partial charge in [0.15, 0.2) is 0 Å². The van der Waals surface area contributed by atoms with Crippen molar-refractivity contribution >= 4 is 0 Å². The van der Waals surface area contributed by atoms with Crippen molar-refractivity contribution in [2.24, 2.45) is 0 Å². The highest BCUT2D eigenvalue weighted by molar-refractivity contribution is 5.67. The third-order valence-electron chi connectivity index (χ3n) is 4.74. The van der Waals surface area contributed by atoms with E-state index in [-0.39, 0.29) is 0 Å². The fourth-order valence-electron chi connectivity index (χ4n) is 3.27. The van der Waals surface area contributed by atoms with E-state index in [1.807, 2.05) is 6.92 Å². The molecular formula is C24H34O2. The van der Waals surface area contributed by atoms with Crippen molar-refractivity contribution < 1.29 is 9.47 Å². The van der Waals surface area contributed by atoms with Crippen LogP contribution in [-0.2, 0) is 15.9 Å². The van der Waals surface area contributed by atoms with Crippen LogP contribution in [0.5, 0.6) is 0 Å². The molecule has 0 saturated heterocycles. The van der Waals surface area contributed by atoms with Gasteiger partial charge in [-0.25, -0.2) is 0 Å². The van der Waals surface area contributed by atoms with Crippen molar-refractivity contribution in [3.8, 4) is 11.1 Å². The van der Waals surface area contributed by atoms with Gasteiger partial charge >= 0.3 is 0 Å². The van der Waals surface area contributed by atoms with E-state index in [9.17, 15) is 0 Å². The molecule has 0 spiro atoms. The molecule has 0 aliphatic carbocycles. The molecule has 1 unspecified atom stereocenters. The van der Waals surface area contributed by atoms with Gasteiger partial charge in [-0.3, -0.25) is 0 Å². The maximum absolute atomic E-state index is 5.76. The molecule has 0 aromatic heterocycles. The Balaban J connectivity index is 1.63. The number of unbranched alkanes of at least 4 members (excludes halogenated alkanes) is 3. The van der Waals surface area contributed by atoms with Gasteiger partial charge in [-0.15, -0.1) is 0 Å². The summed E-state index contributed by atoms with van der Waals surface area (Å²) in [6.45, 7) is 6.38. The van der Waals surface area contributed by atoms with Crippen LogP contribution in [0.15, 0.2) is 54.6 Å². The number of hydrogen-bond acceptors (Lipinski definition) is 2. The summed E-state index contributed by atoms with van der Waals surface area (Å²) in [5, 5.41) is 0. The van der Waals surface area contributed by atoms with Crippen LogP contribution in [0.2, 0.25) is 0 Å². The molecule has 0 aliphatic rings. The largest absolute Gasteiger partial charge is 0.379 e. The lowest BCUT2D eigenvalue weighted by molar-refractivity contribution is 0.0112. The first kappa shape index (κ1) is 20.7. The summed E-state index contributed by atoms with van der Waals surface area (Å²) in [6.07, 6.45) is 7.72. The quantitative estimate of drug-likeness (QED) is 0.394. The normalized spacial score (nSPS) is 12.2. The van der Waals surface area contributed by atoms with Gasteiger partial charge in [0.05, 0.1) is 19.3 Å². The van der Waals surface area contributed by atoms with E-state index in [0.29, 0.717) is 19.3 Å². The smallest absolute Gasteiger partial charge is 0.0704 e. The average Bonchev–Trinajstić information content (AvgIpc) is 2.69. The lowest BCUT2D eigenvalue weighted by Crippen LogP contribution is -2.12. The predicted molar refractivity (Wildman–Crippen MR) is 111 cm³/mol. The van der Waals surface area contributed by atoms with E-state index in [4.69, 9.17) is 9.47 Å². The van der Waals surface area contributed by atoms with Gasteiger partial charge in [0, 0.05) is 6.61 Å². The van der Waals surface area contributed by atoms with Crippen LogP contribution in [0.4, 0.5) is 0 Å². The van der Waals surface area contributed by atoms with Crippen LogP contribution in [0.25, 0.3) is 11.1 Å². The predicted octanol–water partition coefficient (Wildman–Crippen LogP) is 6.29. The summed E-state index contributed by atoms with van der Waals surface area (Å²) in [7, 11) is 0. The molecule has 0 saturated carbocycles. The molecule has 2 nitrogen and oxygen atoms in total. The first-order valence-electron chi connectivity index (χ1n) is 10.1. The fourth-order valence-corrected chi connectivity index (χ4v) is 3.27. The molecule has 2 heteroatoms. The minimum atomic E-state index is 0.342. The number of hydrogen-bond donors (Lipinski definition) is 0. The second kappa shape index (κ2) is 12.7. The number of ether oxygens (including phenoxy) is 2. The van der Waals surface area contributed by atoms with Gasteiger partial charge in [0.1, 0.15) is 0 Å². The molecule has 2 rings (SSSR count). The van der Waals surface area contributed by atoms with E-state index < -0.39 is 0 Å². The molecule has 2 aromatic rings. The molecule has 26 heavy (non-hydrogen) atoms. The summed E-state index contributed by atoms with van der Waals surface area (Å²) in [4.78, 5) is 0. The van der Waals surface area contributed by atoms with Gasteiger partial charge in [-0.1, -0.05) is 73.9 Å². The lowest BCUT2D eigenvalue weighted by atomic mass is 9.95. The zero-order chi connectivity index (χ0) is 18.5. The van der Waals surface area contributed by atoms with Crippen LogP contribution in [0.3, 0.4) is 0 Å². The first-order valence-corrected chi connectivity index (χ1v) is 10.1. The van der Waals surface area contributed by atoms with Gasteiger partial charge in [-0.2, -0.15) is 0 Å². The minimum absolute atomic E-state index is 0.342. The van der Waals surface area contributed by atoms with Crippen LogP contribution in [0, 0.1) is 0 Å². The standard InChI is InChI=1S/C24H34O2/c1-3-25-19-20-26-21(2)13-7-4-5-8-14-23-17-11-12-18-24(23)22-15-9-6-10-16-22/h6,9-12,15-18,21H,3-5,7-8,13-14,19-20H2,1-2H3. The van der Waals surface area contributed by atoms with Gasteiger partial charge in [0.25, 0.3) is 0 Å². The summed E-state index contributed by atoms with van der Waals surface area (Å²) in [5.41, 5.74) is 4.16. The van der Waals surface area contributed by atoms with Crippen molar-refractivity contribution in [2.45, 2.75) is 58.5 Å². The highest BCUT2D eigenvalue weighted by Crippen LogP contribution is 2.25. The van der Waals surface area contributed by atoms with Crippen molar-refractivity contribution in [1.82, 2.24) is 0 Å². The topological polar surface area (TPSA) is 18.5 Å². The van der Waals surface area contributed by atoms with E-state index in [1.54, 1.807) is 0 Å². The Hall–Kier alpha value is -1.64. The summed E-state index contributed by atoms with van der Waals surface area (Å²) < 4.78 is 11.1. The Kier molecular flexibility index (Phi) is 10.1. The average molecular weight is 355 g/mol. The summed E-state index contributed by atoms with van der Waals surface area (Å²) >= 11 is 0. The van der Waals surface area contributed by atoms with Gasteiger partial charge in [0.2, 0.25) is 0 Å². The Morgan fingerprint density at radius 1 is 0.808 bits per heavy atom. The SMILES string of the molecule is CCOCCOC(C)CCCCCCc1ccccc1-c1ccccc1. The molecule has 0 amide bonds. The highest BCUT2D eigenvalue weighted by atomic mass is 16.5. The van der Waals surface area contributed by atoms with E-state index >= 15 is 0 Å². The number of rotatable bonds is 13. The fraction of sp³-hybridized carbons (Fsp3) is 0.500. The number of aryl methyl sites for hydroxylation is 1. The third-order valence-corrected chi connectivity index (χ3v) is 4.74. The Morgan fingerprint density at radius 2 is 1.54 bits per heavy atom. The lowest BCUT2D eigenvalue weighted by Gasteiger charge is -2.13. The summed E-state index contributed by atoms with van der Waals surface area (Å²) in [5.74, 6) is 0. The van der Waals surface area contributed by atoms with Crippen molar-refractivity contribution in [2.75, 3.05) is 19.8 Å². The molecule has 0 N–H and O–H groups in total. The third kappa shape index (κ3) is 7.72. The second-order valence-electron chi connectivity index (χ2n) is 6.85. The van der Waals surface area contributed by atoms with Crippen LogP contribution >= 0.6 is 0 Å². The first-order chi connectivity index (χ1) is 12.8. The molecule has 142 valence electrons. The van der Waals surface area contributed by atoms with Gasteiger partial charge in [-0.05, 0) is 49.8 Å². The zero-order valence-corrected chi connectivity index (χ0v) is 16.5. The maximum Gasteiger partial charge on any atom is 0.0704 e.